The van der Waals surface area contributed by atoms with Gasteiger partial charge in [0.05, 0.1) is 6.54 Å². The Labute approximate surface area is 151 Å². The minimum Gasteiger partial charge on any atom is -0.353 e. The van der Waals surface area contributed by atoms with Gasteiger partial charge in [0.15, 0.2) is 5.96 Å². The minimum atomic E-state index is -0.528. The van der Waals surface area contributed by atoms with Crippen LogP contribution in [0.4, 0.5) is 8.78 Å². The second-order valence-electron chi connectivity index (χ2n) is 5.44. The number of guanidine groups is 1. The lowest BCUT2D eigenvalue weighted by Gasteiger charge is -2.14. The van der Waals surface area contributed by atoms with Crippen LogP contribution in [0.25, 0.3) is 0 Å². The van der Waals surface area contributed by atoms with E-state index >= 15 is 0 Å². The number of nitrogens with zero attached hydrogens (tertiary/aromatic N) is 2. The number of hydrogen-bond acceptors (Lipinski definition) is 2. The van der Waals surface area contributed by atoms with E-state index in [0.29, 0.717) is 12.4 Å². The lowest BCUT2D eigenvalue weighted by atomic mass is 10.1. The van der Waals surface area contributed by atoms with Gasteiger partial charge < -0.3 is 15.5 Å². The van der Waals surface area contributed by atoms with Gasteiger partial charge in [-0.05, 0) is 18.6 Å². The molecular weight excluding hydrogens is 417 g/mol. The molecule has 0 saturated heterocycles. The first-order chi connectivity index (χ1) is 10.4. The quantitative estimate of drug-likeness (QED) is 0.428. The third-order valence-electron chi connectivity index (χ3n) is 3.61. The van der Waals surface area contributed by atoms with E-state index in [1.165, 1.54) is 23.1 Å². The Kier molecular flexibility index (Phi) is 7.17. The van der Waals surface area contributed by atoms with Crippen molar-refractivity contribution in [3.63, 3.8) is 0 Å². The maximum Gasteiger partial charge on any atom is 0.241 e. The fraction of sp³-hybridized carbons (Fsp3) is 0.467. The molecule has 23 heavy (non-hydrogen) atoms. The van der Waals surface area contributed by atoms with Crippen molar-refractivity contribution in [1.29, 1.82) is 0 Å². The zero-order valence-electron chi connectivity index (χ0n) is 13.3. The zero-order chi connectivity index (χ0) is 16.3. The first-order valence-electron chi connectivity index (χ1n) is 7.05. The van der Waals surface area contributed by atoms with Crippen LogP contribution in [-0.2, 0) is 4.79 Å². The molecule has 1 aliphatic rings. The summed E-state index contributed by atoms with van der Waals surface area (Å²) in [5, 5.41) is 5.96. The number of hydrogen-bond donors (Lipinski definition) is 2. The number of carbonyl (C=O) groups is 1. The second kappa shape index (κ2) is 8.42. The second-order valence-corrected chi connectivity index (χ2v) is 5.44. The molecule has 0 radical (unpaired) electrons. The largest absolute Gasteiger partial charge is 0.353 e. The van der Waals surface area contributed by atoms with Crippen molar-refractivity contribution in [2.24, 2.45) is 4.99 Å². The molecule has 0 bridgehead atoms. The average molecular weight is 438 g/mol. The molecular formula is C15H21F2IN4O. The highest BCUT2D eigenvalue weighted by atomic mass is 127. The topological polar surface area (TPSA) is 56.7 Å². The highest BCUT2D eigenvalue weighted by molar-refractivity contribution is 14.0. The normalized spacial score (nSPS) is 19.6. The predicted molar refractivity (Wildman–Crippen MR) is 96.1 cm³/mol. The smallest absolute Gasteiger partial charge is 0.241 e. The van der Waals surface area contributed by atoms with E-state index in [4.69, 9.17) is 0 Å². The molecule has 0 heterocycles. The number of likely N-dealkylation sites (N-methyl/N-ethyl adjacent to an activating group) is 1. The lowest BCUT2D eigenvalue weighted by molar-refractivity contribution is -0.127. The Balaban J connectivity index is 0.00000264. The molecule has 1 aromatic carbocycles. The van der Waals surface area contributed by atoms with Crippen LogP contribution in [0.1, 0.15) is 17.9 Å². The number of halogens is 3. The Morgan fingerprint density at radius 2 is 1.96 bits per heavy atom. The molecule has 1 amide bonds. The summed E-state index contributed by atoms with van der Waals surface area (Å²) in [6.45, 7) is 0.109. The van der Waals surface area contributed by atoms with E-state index < -0.39 is 11.6 Å². The van der Waals surface area contributed by atoms with Gasteiger partial charge in [0.2, 0.25) is 5.91 Å². The van der Waals surface area contributed by atoms with Gasteiger partial charge in [-0.25, -0.2) is 8.78 Å². The third-order valence-corrected chi connectivity index (χ3v) is 3.61. The van der Waals surface area contributed by atoms with Crippen LogP contribution in [0.2, 0.25) is 0 Å². The highest BCUT2D eigenvalue weighted by Gasteiger charge is 2.42. The highest BCUT2D eigenvalue weighted by Crippen LogP contribution is 2.42. The van der Waals surface area contributed by atoms with Crippen molar-refractivity contribution in [2.45, 2.75) is 18.4 Å². The fourth-order valence-corrected chi connectivity index (χ4v) is 2.23. The van der Waals surface area contributed by atoms with Crippen molar-refractivity contribution < 1.29 is 13.6 Å². The number of aliphatic imine (C=N–C) groups is 1. The Bertz CT molecular complexity index is 575. The van der Waals surface area contributed by atoms with Gasteiger partial charge in [0.25, 0.3) is 0 Å². The van der Waals surface area contributed by atoms with Crippen LogP contribution in [0.5, 0.6) is 0 Å². The summed E-state index contributed by atoms with van der Waals surface area (Å²) in [6, 6.07) is 3.78. The van der Waals surface area contributed by atoms with Crippen LogP contribution < -0.4 is 10.6 Å². The van der Waals surface area contributed by atoms with Crippen molar-refractivity contribution in [1.82, 2.24) is 15.5 Å². The maximum absolute atomic E-state index is 13.7. The van der Waals surface area contributed by atoms with E-state index in [-0.39, 0.29) is 54.0 Å². The molecule has 2 unspecified atom stereocenters. The molecule has 8 heteroatoms. The standard InChI is InChI=1S/C15H20F2N4O.HI/c1-18-15(19-8-13(22)21(2)3)20-12-7-9(12)14-10(16)5-4-6-11(14)17;/h4-6,9,12H,7-8H2,1-3H3,(H2,18,19,20);1H. The van der Waals surface area contributed by atoms with E-state index in [0.717, 1.165) is 0 Å². The maximum atomic E-state index is 13.7. The molecule has 2 N–H and O–H groups in total. The van der Waals surface area contributed by atoms with Crippen molar-refractivity contribution in [3.8, 4) is 0 Å². The van der Waals surface area contributed by atoms with Crippen molar-refractivity contribution >= 4 is 35.8 Å². The van der Waals surface area contributed by atoms with Crippen LogP contribution >= 0.6 is 24.0 Å². The molecule has 1 aliphatic carbocycles. The summed E-state index contributed by atoms with van der Waals surface area (Å²) < 4.78 is 27.4. The van der Waals surface area contributed by atoms with Gasteiger partial charge in [0, 0.05) is 38.7 Å². The lowest BCUT2D eigenvalue weighted by Crippen LogP contribution is -2.43. The summed E-state index contributed by atoms with van der Waals surface area (Å²) in [6.07, 6.45) is 0.625. The summed E-state index contributed by atoms with van der Waals surface area (Å²) in [4.78, 5) is 17.0. The molecule has 2 atom stereocenters. The van der Waals surface area contributed by atoms with Crippen LogP contribution in [0.3, 0.4) is 0 Å². The van der Waals surface area contributed by atoms with Gasteiger partial charge in [-0.1, -0.05) is 6.07 Å². The first-order valence-corrected chi connectivity index (χ1v) is 7.05. The molecule has 1 fully saturated rings. The molecule has 1 aromatic rings. The summed E-state index contributed by atoms with van der Waals surface area (Å²) in [7, 11) is 4.91. The van der Waals surface area contributed by atoms with E-state index in [9.17, 15) is 13.6 Å². The average Bonchev–Trinajstić information content (AvgIpc) is 3.21. The molecule has 0 aromatic heterocycles. The van der Waals surface area contributed by atoms with E-state index in [1.54, 1.807) is 21.1 Å². The van der Waals surface area contributed by atoms with E-state index in [1.807, 2.05) is 0 Å². The van der Waals surface area contributed by atoms with Crippen LogP contribution in [0.15, 0.2) is 23.2 Å². The molecule has 5 nitrogen and oxygen atoms in total. The number of nitrogens with one attached hydrogen (secondary N) is 2. The SMILES string of the molecule is CN=C(NCC(=O)N(C)C)NC1CC1c1c(F)cccc1F.I. The third kappa shape index (κ3) is 5.02. The van der Waals surface area contributed by atoms with Gasteiger partial charge in [-0.3, -0.25) is 9.79 Å². The van der Waals surface area contributed by atoms with Gasteiger partial charge >= 0.3 is 0 Å². The Morgan fingerprint density at radius 1 is 1.35 bits per heavy atom. The Morgan fingerprint density at radius 3 is 2.48 bits per heavy atom. The van der Waals surface area contributed by atoms with Crippen molar-refractivity contribution in [3.05, 3.63) is 35.4 Å². The molecule has 128 valence electrons. The monoisotopic (exact) mass is 438 g/mol. The number of carbonyl (C=O) groups excluding carboxylic acids is 1. The summed E-state index contributed by atoms with van der Waals surface area (Å²) in [5.74, 6) is -0.917. The predicted octanol–water partition coefficient (Wildman–Crippen LogP) is 1.69. The van der Waals surface area contributed by atoms with E-state index in [2.05, 4.69) is 15.6 Å². The van der Waals surface area contributed by atoms with Crippen LogP contribution in [0, 0.1) is 11.6 Å². The number of benzene rings is 1. The van der Waals surface area contributed by atoms with Gasteiger partial charge in [0.1, 0.15) is 11.6 Å². The Hall–Kier alpha value is -1.45. The first kappa shape index (κ1) is 19.6. The fourth-order valence-electron chi connectivity index (χ4n) is 2.23. The number of amides is 1. The van der Waals surface area contributed by atoms with Crippen LogP contribution in [-0.4, -0.2) is 50.5 Å². The van der Waals surface area contributed by atoms with Gasteiger partial charge in [-0.15, -0.1) is 24.0 Å². The molecule has 2 rings (SSSR count). The number of rotatable bonds is 4. The summed E-state index contributed by atoms with van der Waals surface area (Å²) in [5.41, 5.74) is 0.111. The van der Waals surface area contributed by atoms with Crippen molar-refractivity contribution in [2.75, 3.05) is 27.7 Å². The van der Waals surface area contributed by atoms with Gasteiger partial charge in [-0.2, -0.15) is 0 Å². The molecule has 0 spiro atoms. The zero-order valence-corrected chi connectivity index (χ0v) is 15.6. The molecule has 1 saturated carbocycles. The minimum absolute atomic E-state index is 0. The summed E-state index contributed by atoms with van der Waals surface area (Å²) >= 11 is 0. The molecule has 0 aliphatic heterocycles.